The third-order valence-electron chi connectivity index (χ3n) is 4.40. The maximum atomic E-state index is 6.30. The number of nitrogens with two attached hydrogens (primary N) is 3. The molecule has 0 unspecified atom stereocenters. The first-order valence-corrected chi connectivity index (χ1v) is 8.58. The lowest BCUT2D eigenvalue weighted by Gasteiger charge is -2.20. The minimum absolute atomic E-state index is 0.479. The largest absolute Gasteiger partial charge is 0.399 e. The summed E-state index contributed by atoms with van der Waals surface area (Å²) in [5.41, 5.74) is 16.9. The average molecular weight is 356 g/mol. The molecule has 2 aromatic carbocycles. The number of hydrazine groups is 1. The number of rotatable bonds is 4. The van der Waals surface area contributed by atoms with Crippen LogP contribution < -0.4 is 22.3 Å². The maximum absolute atomic E-state index is 6.30. The maximum Gasteiger partial charge on any atom is 0.166 e. The van der Waals surface area contributed by atoms with Crippen molar-refractivity contribution in [1.82, 2.24) is 9.97 Å². The number of hydrogen-bond donors (Lipinski definition) is 3. The van der Waals surface area contributed by atoms with E-state index in [2.05, 4.69) is 16.0 Å². The molecule has 0 aliphatic carbocycles. The van der Waals surface area contributed by atoms with Crippen molar-refractivity contribution in [2.75, 3.05) is 16.5 Å². The van der Waals surface area contributed by atoms with E-state index in [1.807, 2.05) is 60.7 Å². The highest BCUT2D eigenvalue weighted by atomic mass is 15.4. The second-order valence-corrected chi connectivity index (χ2v) is 6.39. The summed E-state index contributed by atoms with van der Waals surface area (Å²) in [6.07, 6.45) is 1.78. The second kappa shape index (κ2) is 6.93. The quantitative estimate of drug-likeness (QED) is 0.294. The second-order valence-electron chi connectivity index (χ2n) is 6.39. The van der Waals surface area contributed by atoms with Gasteiger partial charge in [0, 0.05) is 22.8 Å². The molecule has 0 spiro atoms. The molecule has 2 aromatic heterocycles. The van der Waals surface area contributed by atoms with E-state index in [9.17, 15) is 0 Å². The van der Waals surface area contributed by atoms with Crippen LogP contribution in [0.2, 0.25) is 0 Å². The minimum atomic E-state index is 0.479. The molecule has 27 heavy (non-hydrogen) atoms. The number of fused-ring (bicyclic) bond motifs is 1. The first-order chi connectivity index (χ1) is 13.1. The van der Waals surface area contributed by atoms with Crippen molar-refractivity contribution >= 4 is 28.1 Å². The van der Waals surface area contributed by atoms with E-state index in [0.717, 1.165) is 27.7 Å². The first-order valence-electron chi connectivity index (χ1n) is 8.58. The van der Waals surface area contributed by atoms with Gasteiger partial charge in [-0.2, -0.15) is 0 Å². The Morgan fingerprint density at radius 3 is 2.52 bits per heavy atom. The normalized spacial score (nSPS) is 10.9. The van der Waals surface area contributed by atoms with Crippen LogP contribution in [-0.4, -0.2) is 9.97 Å². The summed E-state index contributed by atoms with van der Waals surface area (Å²) in [4.78, 5) is 8.99. The Hall–Kier alpha value is -3.64. The SMILES string of the molecule is Nc1ccc(-c2ccc(N)c(N(N)Cc3ccc4ncccc4c3)n2)cc1. The van der Waals surface area contributed by atoms with Crippen LogP contribution in [0.3, 0.4) is 0 Å². The number of hydrogen-bond acceptors (Lipinski definition) is 6. The fourth-order valence-corrected chi connectivity index (χ4v) is 3.00. The third-order valence-corrected chi connectivity index (χ3v) is 4.40. The van der Waals surface area contributed by atoms with Crippen molar-refractivity contribution in [2.24, 2.45) is 5.84 Å². The molecule has 0 aliphatic heterocycles. The lowest BCUT2D eigenvalue weighted by atomic mass is 10.1. The molecule has 0 saturated heterocycles. The van der Waals surface area contributed by atoms with E-state index in [-0.39, 0.29) is 0 Å². The van der Waals surface area contributed by atoms with Crippen LogP contribution in [0.5, 0.6) is 0 Å². The molecule has 6 nitrogen and oxygen atoms in total. The zero-order chi connectivity index (χ0) is 18.8. The van der Waals surface area contributed by atoms with Crippen molar-refractivity contribution in [1.29, 1.82) is 0 Å². The van der Waals surface area contributed by atoms with Crippen molar-refractivity contribution in [2.45, 2.75) is 6.54 Å². The number of pyridine rings is 2. The van der Waals surface area contributed by atoms with E-state index >= 15 is 0 Å². The molecule has 0 amide bonds. The zero-order valence-electron chi connectivity index (χ0n) is 14.7. The van der Waals surface area contributed by atoms with E-state index < -0.39 is 0 Å². The molecule has 4 rings (SSSR count). The zero-order valence-corrected chi connectivity index (χ0v) is 14.7. The molecular formula is C21H20N6. The predicted octanol–water partition coefficient (Wildman–Crippen LogP) is 3.34. The Morgan fingerprint density at radius 1 is 0.889 bits per heavy atom. The van der Waals surface area contributed by atoms with Gasteiger partial charge in [-0.15, -0.1) is 0 Å². The Labute approximate surface area is 157 Å². The van der Waals surface area contributed by atoms with Gasteiger partial charge in [-0.3, -0.25) is 9.99 Å². The Morgan fingerprint density at radius 2 is 1.70 bits per heavy atom. The van der Waals surface area contributed by atoms with Gasteiger partial charge in [0.1, 0.15) is 0 Å². The number of aromatic nitrogens is 2. The Bertz CT molecular complexity index is 1090. The molecule has 4 aromatic rings. The lowest BCUT2D eigenvalue weighted by Crippen LogP contribution is -2.31. The summed E-state index contributed by atoms with van der Waals surface area (Å²) in [5.74, 6) is 6.84. The molecular weight excluding hydrogens is 336 g/mol. The van der Waals surface area contributed by atoms with Crippen LogP contribution >= 0.6 is 0 Å². The van der Waals surface area contributed by atoms with Crippen LogP contribution in [0.4, 0.5) is 17.2 Å². The van der Waals surface area contributed by atoms with Crippen LogP contribution in [-0.2, 0) is 6.54 Å². The van der Waals surface area contributed by atoms with Gasteiger partial charge < -0.3 is 11.5 Å². The molecule has 6 N–H and O–H groups in total. The first kappa shape index (κ1) is 16.8. The van der Waals surface area contributed by atoms with Gasteiger partial charge in [0.25, 0.3) is 0 Å². The summed E-state index contributed by atoms with van der Waals surface area (Å²) in [7, 11) is 0. The number of nitrogen functional groups attached to an aromatic ring is 2. The van der Waals surface area contributed by atoms with Gasteiger partial charge in [-0.25, -0.2) is 10.8 Å². The number of anilines is 3. The Kier molecular flexibility index (Phi) is 4.32. The van der Waals surface area contributed by atoms with Gasteiger partial charge in [0.05, 0.1) is 23.4 Å². The molecule has 6 heteroatoms. The fraction of sp³-hybridized carbons (Fsp3) is 0.0476. The monoisotopic (exact) mass is 356 g/mol. The molecule has 134 valence electrons. The summed E-state index contributed by atoms with van der Waals surface area (Å²) >= 11 is 0. The van der Waals surface area contributed by atoms with Crippen molar-refractivity contribution in [3.63, 3.8) is 0 Å². The molecule has 0 aliphatic rings. The highest BCUT2D eigenvalue weighted by Gasteiger charge is 2.11. The number of benzene rings is 2. The predicted molar refractivity (Wildman–Crippen MR) is 111 cm³/mol. The average Bonchev–Trinajstić information content (AvgIpc) is 2.69. The molecule has 0 radical (unpaired) electrons. The van der Waals surface area contributed by atoms with E-state index in [0.29, 0.717) is 23.7 Å². The molecule has 0 atom stereocenters. The molecule has 0 fully saturated rings. The molecule has 0 saturated carbocycles. The van der Waals surface area contributed by atoms with Crippen molar-refractivity contribution in [3.8, 4) is 11.3 Å². The van der Waals surface area contributed by atoms with Crippen molar-refractivity contribution < 1.29 is 0 Å². The fourth-order valence-electron chi connectivity index (χ4n) is 3.00. The van der Waals surface area contributed by atoms with Gasteiger partial charge in [-0.1, -0.05) is 24.3 Å². The van der Waals surface area contributed by atoms with Crippen LogP contribution in [0, 0.1) is 0 Å². The standard InChI is InChI=1S/C21H20N6/c22-17-6-4-15(5-7-17)20-10-8-18(23)21(26-20)27(24)13-14-3-9-19-16(12-14)2-1-11-25-19/h1-12H,13,22-24H2. The summed E-state index contributed by atoms with van der Waals surface area (Å²) in [6, 6.07) is 21.2. The van der Waals surface area contributed by atoms with E-state index in [1.54, 1.807) is 11.2 Å². The van der Waals surface area contributed by atoms with Crippen LogP contribution in [0.25, 0.3) is 22.2 Å². The van der Waals surface area contributed by atoms with Gasteiger partial charge in [0.15, 0.2) is 5.82 Å². The summed E-state index contributed by atoms with van der Waals surface area (Å²) in [5, 5.41) is 2.63. The van der Waals surface area contributed by atoms with Gasteiger partial charge in [0.2, 0.25) is 0 Å². The van der Waals surface area contributed by atoms with E-state index in [4.69, 9.17) is 17.3 Å². The minimum Gasteiger partial charge on any atom is -0.399 e. The molecule has 0 bridgehead atoms. The smallest absolute Gasteiger partial charge is 0.166 e. The van der Waals surface area contributed by atoms with Gasteiger partial charge >= 0.3 is 0 Å². The number of nitrogens with zero attached hydrogens (tertiary/aromatic N) is 3. The highest BCUT2D eigenvalue weighted by Crippen LogP contribution is 2.26. The van der Waals surface area contributed by atoms with Crippen LogP contribution in [0.15, 0.2) is 72.9 Å². The third kappa shape index (κ3) is 3.51. The highest BCUT2D eigenvalue weighted by molar-refractivity contribution is 5.79. The Balaban J connectivity index is 1.63. The molecule has 2 heterocycles. The lowest BCUT2D eigenvalue weighted by molar-refractivity contribution is 0.836. The van der Waals surface area contributed by atoms with E-state index in [1.165, 1.54) is 0 Å². The summed E-state index contributed by atoms with van der Waals surface area (Å²) < 4.78 is 0. The van der Waals surface area contributed by atoms with Crippen molar-refractivity contribution in [3.05, 3.63) is 78.5 Å². The van der Waals surface area contributed by atoms with Crippen LogP contribution in [0.1, 0.15) is 5.56 Å². The summed E-state index contributed by atoms with van der Waals surface area (Å²) in [6.45, 7) is 0.479. The van der Waals surface area contributed by atoms with Gasteiger partial charge in [-0.05, 0) is 48.0 Å². The topological polar surface area (TPSA) is 107 Å².